The first-order valence-electron chi connectivity index (χ1n) is 14.7. The smallest absolute Gasteiger partial charge is 0.326 e. The molecule has 0 amide bonds. The quantitative estimate of drug-likeness (QED) is 0.168. The Morgan fingerprint density at radius 3 is 2.22 bits per heavy atom. The van der Waals surface area contributed by atoms with Crippen LogP contribution in [0.1, 0.15) is 60.0 Å². The highest BCUT2D eigenvalue weighted by Crippen LogP contribution is 2.36. The predicted molar refractivity (Wildman–Crippen MR) is 158 cm³/mol. The topological polar surface area (TPSA) is 105 Å². The van der Waals surface area contributed by atoms with Crippen LogP contribution in [0.5, 0.6) is 5.75 Å². The summed E-state index contributed by atoms with van der Waals surface area (Å²) in [7, 11) is 0. The van der Waals surface area contributed by atoms with E-state index in [-0.39, 0.29) is 24.2 Å². The standard InChI is InChI=1S/C34H38N2O5/c37-32(25-8-2-1-3-9-25)28-12-6-7-13-29(28)36-30(34(39)40)22-23-14-18-27(19-15-23)41-21-20-35-31(24-16-17-24)33(38)26-10-4-5-11-26/h1-3,6-9,12-15,18-19,24,26,30-31,35-36H,4-5,10-11,16-17,20-22H2,(H,39,40)/t30-,31?/m0/s1. The van der Waals surface area contributed by atoms with Crippen molar-refractivity contribution >= 4 is 23.2 Å². The van der Waals surface area contributed by atoms with Crippen LogP contribution < -0.4 is 15.4 Å². The van der Waals surface area contributed by atoms with Gasteiger partial charge in [0, 0.05) is 35.7 Å². The largest absolute Gasteiger partial charge is 0.492 e. The van der Waals surface area contributed by atoms with Gasteiger partial charge in [-0.3, -0.25) is 9.59 Å². The molecule has 1 unspecified atom stereocenters. The minimum Gasteiger partial charge on any atom is -0.492 e. The summed E-state index contributed by atoms with van der Waals surface area (Å²) in [5.41, 5.74) is 2.29. The van der Waals surface area contributed by atoms with Gasteiger partial charge in [-0.05, 0) is 61.4 Å². The molecular weight excluding hydrogens is 516 g/mol. The van der Waals surface area contributed by atoms with Crippen molar-refractivity contribution in [2.75, 3.05) is 18.5 Å². The van der Waals surface area contributed by atoms with Gasteiger partial charge < -0.3 is 20.5 Å². The molecule has 5 rings (SSSR count). The van der Waals surface area contributed by atoms with E-state index in [1.165, 1.54) is 0 Å². The Bertz CT molecular complexity index is 1330. The lowest BCUT2D eigenvalue weighted by molar-refractivity contribution is -0.137. The van der Waals surface area contributed by atoms with Crippen molar-refractivity contribution in [2.45, 2.75) is 57.0 Å². The molecule has 41 heavy (non-hydrogen) atoms. The average Bonchev–Trinajstić information content (AvgIpc) is 3.69. The van der Waals surface area contributed by atoms with E-state index in [2.05, 4.69) is 10.6 Å². The molecule has 0 spiro atoms. The molecule has 2 atom stereocenters. The van der Waals surface area contributed by atoms with E-state index in [0.717, 1.165) is 44.1 Å². The van der Waals surface area contributed by atoms with Crippen molar-refractivity contribution in [2.24, 2.45) is 11.8 Å². The number of ketones is 2. The number of hydrogen-bond donors (Lipinski definition) is 3. The lowest BCUT2D eigenvalue weighted by atomic mass is 9.94. The fourth-order valence-electron chi connectivity index (χ4n) is 5.67. The Kier molecular flexibility index (Phi) is 9.47. The number of carboxylic acids is 1. The van der Waals surface area contributed by atoms with Crippen LogP contribution in [0.3, 0.4) is 0 Å². The van der Waals surface area contributed by atoms with Crippen LogP contribution in [0, 0.1) is 11.8 Å². The number of benzene rings is 3. The van der Waals surface area contributed by atoms with Crippen molar-refractivity contribution in [3.05, 3.63) is 95.6 Å². The molecule has 3 aromatic carbocycles. The summed E-state index contributed by atoms with van der Waals surface area (Å²) < 4.78 is 5.91. The summed E-state index contributed by atoms with van der Waals surface area (Å²) in [6, 6.07) is 22.3. The van der Waals surface area contributed by atoms with Crippen LogP contribution in [-0.2, 0) is 16.0 Å². The van der Waals surface area contributed by atoms with Gasteiger partial charge in [-0.1, -0.05) is 67.4 Å². The van der Waals surface area contributed by atoms with Gasteiger partial charge in [0.2, 0.25) is 0 Å². The maximum atomic E-state index is 13.1. The summed E-state index contributed by atoms with van der Waals surface area (Å²) in [4.78, 5) is 38.1. The highest BCUT2D eigenvalue weighted by molar-refractivity contribution is 6.12. The number of ether oxygens (including phenoxy) is 1. The number of carbonyl (C=O) groups is 3. The van der Waals surface area contributed by atoms with Gasteiger partial charge in [0.25, 0.3) is 0 Å². The first kappa shape index (κ1) is 28.6. The van der Waals surface area contributed by atoms with Crippen LogP contribution in [-0.4, -0.2) is 47.9 Å². The van der Waals surface area contributed by atoms with Crippen molar-refractivity contribution in [1.29, 1.82) is 0 Å². The predicted octanol–water partition coefficient (Wildman–Crippen LogP) is 5.53. The minimum atomic E-state index is -1.00. The zero-order valence-corrected chi connectivity index (χ0v) is 23.3. The van der Waals surface area contributed by atoms with Gasteiger partial charge >= 0.3 is 5.97 Å². The summed E-state index contributed by atoms with van der Waals surface area (Å²) >= 11 is 0. The molecule has 0 radical (unpaired) electrons. The molecule has 3 aromatic rings. The van der Waals surface area contributed by atoms with Crippen molar-refractivity contribution in [3.8, 4) is 5.75 Å². The monoisotopic (exact) mass is 554 g/mol. The Hall–Kier alpha value is -3.97. The second-order valence-electron chi connectivity index (χ2n) is 11.1. The minimum absolute atomic E-state index is 0.0438. The van der Waals surface area contributed by atoms with E-state index in [1.54, 1.807) is 48.5 Å². The van der Waals surface area contributed by atoms with E-state index in [9.17, 15) is 19.5 Å². The molecule has 7 heteroatoms. The van der Waals surface area contributed by atoms with E-state index >= 15 is 0 Å². The van der Waals surface area contributed by atoms with Gasteiger partial charge in [-0.15, -0.1) is 0 Å². The molecule has 0 aromatic heterocycles. The molecule has 0 saturated heterocycles. The van der Waals surface area contributed by atoms with Crippen LogP contribution in [0.2, 0.25) is 0 Å². The number of carboxylic acid groups (broad SMARTS) is 1. The third-order valence-electron chi connectivity index (χ3n) is 8.09. The molecule has 2 aliphatic carbocycles. The van der Waals surface area contributed by atoms with Crippen LogP contribution in [0.4, 0.5) is 5.69 Å². The molecule has 0 heterocycles. The van der Waals surface area contributed by atoms with Crippen LogP contribution in [0.25, 0.3) is 0 Å². The van der Waals surface area contributed by atoms with Crippen molar-refractivity contribution in [1.82, 2.24) is 5.32 Å². The molecule has 214 valence electrons. The molecule has 0 aliphatic heterocycles. The molecular formula is C34H38N2O5. The van der Waals surface area contributed by atoms with Crippen molar-refractivity contribution in [3.63, 3.8) is 0 Å². The summed E-state index contributed by atoms with van der Waals surface area (Å²) in [5, 5.41) is 16.5. The Morgan fingerprint density at radius 1 is 0.854 bits per heavy atom. The van der Waals surface area contributed by atoms with Gasteiger partial charge in [-0.25, -0.2) is 4.79 Å². The molecule has 2 aliphatic rings. The second-order valence-corrected chi connectivity index (χ2v) is 11.1. The third kappa shape index (κ3) is 7.61. The van der Waals surface area contributed by atoms with E-state index in [0.29, 0.717) is 47.4 Å². The average molecular weight is 555 g/mol. The highest BCUT2D eigenvalue weighted by Gasteiger charge is 2.39. The molecule has 3 N–H and O–H groups in total. The van der Waals surface area contributed by atoms with Gasteiger partial charge in [0.05, 0.1) is 6.04 Å². The molecule has 2 fully saturated rings. The first-order chi connectivity index (χ1) is 20.0. The fraction of sp³-hybridized carbons (Fsp3) is 0.382. The maximum absolute atomic E-state index is 13.1. The van der Waals surface area contributed by atoms with E-state index < -0.39 is 12.0 Å². The highest BCUT2D eigenvalue weighted by atomic mass is 16.5. The number of rotatable bonds is 15. The Morgan fingerprint density at radius 2 is 1.54 bits per heavy atom. The number of para-hydroxylation sites is 1. The number of anilines is 1. The van der Waals surface area contributed by atoms with E-state index in [4.69, 9.17) is 4.74 Å². The summed E-state index contributed by atoms with van der Waals surface area (Å²) in [6.07, 6.45) is 6.87. The number of aliphatic carboxylic acids is 1. The lowest BCUT2D eigenvalue weighted by Gasteiger charge is -2.21. The SMILES string of the molecule is O=C(c1ccccc1)c1ccccc1N[C@@H](Cc1ccc(OCCNC(C(=O)C2CCCC2)C2CC2)cc1)C(=O)O. The molecule has 0 bridgehead atoms. The molecule has 2 saturated carbocycles. The van der Waals surface area contributed by atoms with Gasteiger partial charge in [-0.2, -0.15) is 0 Å². The summed E-state index contributed by atoms with van der Waals surface area (Å²) in [6.45, 7) is 1.06. The van der Waals surface area contributed by atoms with Crippen molar-refractivity contribution < 1.29 is 24.2 Å². The van der Waals surface area contributed by atoms with Gasteiger partial charge in [0.15, 0.2) is 11.6 Å². The first-order valence-corrected chi connectivity index (χ1v) is 14.7. The molecule has 7 nitrogen and oxygen atoms in total. The summed E-state index contributed by atoms with van der Waals surface area (Å²) in [5.74, 6) is 0.614. The number of hydrogen-bond acceptors (Lipinski definition) is 6. The lowest BCUT2D eigenvalue weighted by Crippen LogP contribution is -2.43. The Balaban J connectivity index is 1.14. The third-order valence-corrected chi connectivity index (χ3v) is 8.09. The zero-order valence-electron chi connectivity index (χ0n) is 23.3. The maximum Gasteiger partial charge on any atom is 0.326 e. The zero-order chi connectivity index (χ0) is 28.6. The van der Waals surface area contributed by atoms with Gasteiger partial charge in [0.1, 0.15) is 18.4 Å². The van der Waals surface area contributed by atoms with E-state index in [1.807, 2.05) is 30.3 Å². The second kappa shape index (κ2) is 13.6. The van der Waals surface area contributed by atoms with Crippen LogP contribution in [0.15, 0.2) is 78.9 Å². The fourth-order valence-corrected chi connectivity index (χ4v) is 5.67. The number of Topliss-reactive ketones (excluding diaryl/α,β-unsaturated/α-hetero) is 1. The number of carbonyl (C=O) groups excluding carboxylic acids is 2. The van der Waals surface area contributed by atoms with Crippen LogP contribution >= 0.6 is 0 Å². The normalized spacial score (nSPS) is 16.6. The number of nitrogens with one attached hydrogen (secondary N) is 2. The Labute approximate surface area is 241 Å².